The molecular formula is C19H15ClN2S. The van der Waals surface area contributed by atoms with E-state index < -0.39 is 0 Å². The highest BCUT2D eigenvalue weighted by molar-refractivity contribution is 7.09. The minimum absolute atomic E-state index is 0.770. The van der Waals surface area contributed by atoms with Crippen LogP contribution in [0.3, 0.4) is 0 Å². The van der Waals surface area contributed by atoms with Gasteiger partial charge in [-0.25, -0.2) is 4.98 Å². The molecule has 4 heteroatoms. The number of imidazole rings is 1. The van der Waals surface area contributed by atoms with Crippen molar-refractivity contribution in [1.82, 2.24) is 9.55 Å². The van der Waals surface area contributed by atoms with E-state index in [0.717, 1.165) is 29.3 Å². The lowest BCUT2D eigenvalue weighted by Gasteiger charge is -2.09. The van der Waals surface area contributed by atoms with Crippen LogP contribution in [0.5, 0.6) is 0 Å². The Morgan fingerprint density at radius 3 is 2.74 bits per heavy atom. The summed E-state index contributed by atoms with van der Waals surface area (Å²) in [6.07, 6.45) is 0.854. The Hall–Kier alpha value is -2.10. The molecule has 2 aromatic heterocycles. The molecule has 0 radical (unpaired) electrons. The molecule has 4 rings (SSSR count). The Morgan fingerprint density at radius 2 is 1.91 bits per heavy atom. The number of hydrogen-bond acceptors (Lipinski definition) is 2. The molecule has 0 saturated heterocycles. The lowest BCUT2D eigenvalue weighted by Crippen LogP contribution is -2.05. The number of rotatable bonds is 4. The molecule has 2 aromatic carbocycles. The quantitative estimate of drug-likeness (QED) is 0.487. The third-order valence-electron chi connectivity index (χ3n) is 3.88. The van der Waals surface area contributed by atoms with Crippen LogP contribution in [0.15, 0.2) is 66.0 Å². The molecule has 23 heavy (non-hydrogen) atoms. The fourth-order valence-electron chi connectivity index (χ4n) is 2.82. The van der Waals surface area contributed by atoms with Crippen LogP contribution in [-0.2, 0) is 13.0 Å². The molecule has 0 aliphatic heterocycles. The zero-order valence-corrected chi connectivity index (χ0v) is 14.0. The van der Waals surface area contributed by atoms with E-state index in [2.05, 4.69) is 46.3 Å². The van der Waals surface area contributed by atoms with Gasteiger partial charge in [-0.15, -0.1) is 11.3 Å². The molecule has 0 aliphatic rings. The minimum atomic E-state index is 0.770. The highest BCUT2D eigenvalue weighted by atomic mass is 35.5. The molecule has 0 atom stereocenters. The van der Waals surface area contributed by atoms with E-state index in [-0.39, 0.29) is 0 Å². The van der Waals surface area contributed by atoms with Gasteiger partial charge in [0.25, 0.3) is 0 Å². The summed E-state index contributed by atoms with van der Waals surface area (Å²) >= 11 is 7.91. The summed E-state index contributed by atoms with van der Waals surface area (Å²) < 4.78 is 2.29. The highest BCUT2D eigenvalue weighted by Crippen LogP contribution is 2.22. The number of benzene rings is 2. The van der Waals surface area contributed by atoms with Crippen LogP contribution in [0.4, 0.5) is 0 Å². The van der Waals surface area contributed by atoms with Crippen LogP contribution in [0.1, 0.15) is 16.3 Å². The van der Waals surface area contributed by atoms with Gasteiger partial charge in [0.05, 0.1) is 11.0 Å². The first-order valence-electron chi connectivity index (χ1n) is 7.50. The number of halogens is 1. The smallest absolute Gasteiger partial charge is 0.115 e. The summed E-state index contributed by atoms with van der Waals surface area (Å²) in [4.78, 5) is 6.17. The van der Waals surface area contributed by atoms with Crippen LogP contribution in [-0.4, -0.2) is 9.55 Å². The molecular weight excluding hydrogens is 324 g/mol. The third kappa shape index (κ3) is 3.03. The maximum atomic E-state index is 6.13. The molecule has 0 aliphatic carbocycles. The highest BCUT2D eigenvalue weighted by Gasteiger charge is 2.12. The lowest BCUT2D eigenvalue weighted by atomic mass is 10.2. The molecule has 0 spiro atoms. The van der Waals surface area contributed by atoms with Gasteiger partial charge < -0.3 is 4.57 Å². The van der Waals surface area contributed by atoms with Gasteiger partial charge in [-0.3, -0.25) is 0 Å². The largest absolute Gasteiger partial charge is 0.323 e. The van der Waals surface area contributed by atoms with E-state index in [1.54, 1.807) is 11.3 Å². The average molecular weight is 339 g/mol. The van der Waals surface area contributed by atoms with Crippen molar-refractivity contribution in [2.45, 2.75) is 13.0 Å². The molecule has 0 unspecified atom stereocenters. The van der Waals surface area contributed by atoms with Crippen molar-refractivity contribution in [3.8, 4) is 0 Å². The summed E-state index contributed by atoms with van der Waals surface area (Å²) in [5.74, 6) is 1.09. The van der Waals surface area contributed by atoms with Crippen molar-refractivity contribution in [3.05, 3.63) is 87.3 Å². The first-order valence-corrected chi connectivity index (χ1v) is 8.76. The maximum Gasteiger partial charge on any atom is 0.115 e. The SMILES string of the molecule is Clc1cccc(Cn2c(Cc3cccs3)nc3ccccc32)c1. The molecule has 114 valence electrons. The van der Waals surface area contributed by atoms with Crippen LogP contribution in [0.25, 0.3) is 11.0 Å². The zero-order valence-electron chi connectivity index (χ0n) is 12.4. The second-order valence-corrected chi connectivity index (χ2v) is 6.96. The first-order chi connectivity index (χ1) is 11.3. The Bertz CT molecular complexity index is 941. The Balaban J connectivity index is 1.79. The number of aromatic nitrogens is 2. The molecule has 0 N–H and O–H groups in total. The summed E-state index contributed by atoms with van der Waals surface area (Å²) in [6.45, 7) is 0.780. The van der Waals surface area contributed by atoms with Gasteiger partial charge in [-0.05, 0) is 41.3 Å². The first kappa shape index (κ1) is 14.5. The minimum Gasteiger partial charge on any atom is -0.323 e. The number of thiophene rings is 1. The van der Waals surface area contributed by atoms with Crippen LogP contribution in [0, 0.1) is 0 Å². The van der Waals surface area contributed by atoms with Crippen molar-refractivity contribution < 1.29 is 0 Å². The van der Waals surface area contributed by atoms with Gasteiger partial charge >= 0.3 is 0 Å². The Kier molecular flexibility index (Phi) is 3.90. The van der Waals surface area contributed by atoms with E-state index in [1.807, 2.05) is 24.3 Å². The second-order valence-electron chi connectivity index (χ2n) is 5.49. The van der Waals surface area contributed by atoms with Gasteiger partial charge in [-0.1, -0.05) is 41.9 Å². The standard InChI is InChI=1S/C19H15ClN2S/c20-15-6-3-5-14(11-15)13-22-18-9-2-1-8-17(18)21-19(22)12-16-7-4-10-23-16/h1-11H,12-13H2. The van der Waals surface area contributed by atoms with Gasteiger partial charge in [-0.2, -0.15) is 0 Å². The van der Waals surface area contributed by atoms with E-state index in [9.17, 15) is 0 Å². The van der Waals surface area contributed by atoms with Gasteiger partial charge in [0.15, 0.2) is 0 Å². The topological polar surface area (TPSA) is 17.8 Å². The van der Waals surface area contributed by atoms with Crippen molar-refractivity contribution >= 4 is 34.0 Å². The average Bonchev–Trinajstić information content (AvgIpc) is 3.17. The number of hydrogen-bond donors (Lipinski definition) is 0. The number of fused-ring (bicyclic) bond motifs is 1. The summed E-state index contributed by atoms with van der Waals surface area (Å²) in [5.41, 5.74) is 3.40. The molecule has 2 nitrogen and oxygen atoms in total. The maximum absolute atomic E-state index is 6.13. The van der Waals surface area contributed by atoms with Gasteiger partial charge in [0, 0.05) is 22.9 Å². The van der Waals surface area contributed by atoms with Gasteiger partial charge in [0.2, 0.25) is 0 Å². The van der Waals surface area contributed by atoms with Crippen molar-refractivity contribution in [3.63, 3.8) is 0 Å². The third-order valence-corrected chi connectivity index (χ3v) is 4.99. The lowest BCUT2D eigenvalue weighted by molar-refractivity contribution is 0.765. The zero-order chi connectivity index (χ0) is 15.6. The van der Waals surface area contributed by atoms with Crippen LogP contribution < -0.4 is 0 Å². The summed E-state index contributed by atoms with van der Waals surface area (Å²) in [7, 11) is 0. The Labute approximate surface area is 144 Å². The molecule has 2 heterocycles. The summed E-state index contributed by atoms with van der Waals surface area (Å²) in [6, 6.07) is 20.6. The van der Waals surface area contributed by atoms with Crippen molar-refractivity contribution in [1.29, 1.82) is 0 Å². The fraction of sp³-hybridized carbons (Fsp3) is 0.105. The van der Waals surface area contributed by atoms with E-state index in [4.69, 9.17) is 16.6 Å². The molecule has 0 bridgehead atoms. The molecule has 0 fully saturated rings. The van der Waals surface area contributed by atoms with Crippen LogP contribution >= 0.6 is 22.9 Å². The predicted molar refractivity (Wildman–Crippen MR) is 97.4 cm³/mol. The van der Waals surface area contributed by atoms with E-state index >= 15 is 0 Å². The van der Waals surface area contributed by atoms with Gasteiger partial charge in [0.1, 0.15) is 5.82 Å². The number of nitrogens with zero attached hydrogens (tertiary/aromatic N) is 2. The van der Waals surface area contributed by atoms with E-state index in [1.165, 1.54) is 16.0 Å². The van der Waals surface area contributed by atoms with Crippen molar-refractivity contribution in [2.24, 2.45) is 0 Å². The molecule has 4 aromatic rings. The predicted octanol–water partition coefficient (Wildman–Crippen LogP) is 5.39. The number of para-hydroxylation sites is 2. The summed E-state index contributed by atoms with van der Waals surface area (Å²) in [5, 5.41) is 2.88. The normalized spacial score (nSPS) is 11.2. The Morgan fingerprint density at radius 1 is 1.00 bits per heavy atom. The monoisotopic (exact) mass is 338 g/mol. The molecule has 0 amide bonds. The van der Waals surface area contributed by atoms with Crippen LogP contribution in [0.2, 0.25) is 5.02 Å². The van der Waals surface area contributed by atoms with Crippen molar-refractivity contribution in [2.75, 3.05) is 0 Å². The fourth-order valence-corrected chi connectivity index (χ4v) is 3.74. The molecule has 0 saturated carbocycles. The van der Waals surface area contributed by atoms with E-state index in [0.29, 0.717) is 0 Å². The second kappa shape index (κ2) is 6.19.